The monoisotopic (exact) mass is 457 g/mol. The van der Waals surface area contributed by atoms with Gasteiger partial charge in [0.25, 0.3) is 0 Å². The number of carbonyl (C=O) groups is 1. The number of rotatable bonds is 5. The average molecular weight is 457 g/mol. The Morgan fingerprint density at radius 3 is 2.34 bits per heavy atom. The van der Waals surface area contributed by atoms with Crippen molar-refractivity contribution in [1.82, 2.24) is 4.31 Å². The first-order chi connectivity index (χ1) is 15.3. The fourth-order valence-corrected chi connectivity index (χ4v) is 5.28. The highest BCUT2D eigenvalue weighted by atomic mass is 32.2. The minimum absolute atomic E-state index is 0.0471. The molecule has 1 amide bonds. The summed E-state index contributed by atoms with van der Waals surface area (Å²) in [5.74, 6) is -1.23. The summed E-state index contributed by atoms with van der Waals surface area (Å²) in [6.45, 7) is -0.0471. The molecule has 0 spiro atoms. The number of anilines is 1. The van der Waals surface area contributed by atoms with E-state index in [4.69, 9.17) is 0 Å². The molecule has 3 aromatic rings. The molecular formula is C22H20FN3O5S. The van der Waals surface area contributed by atoms with Crippen LogP contribution in [0.5, 0.6) is 0 Å². The Balaban J connectivity index is 1.72. The minimum atomic E-state index is -4.14. The van der Waals surface area contributed by atoms with E-state index >= 15 is 0 Å². The molecule has 2 unspecified atom stereocenters. The van der Waals surface area contributed by atoms with Crippen LogP contribution in [0.15, 0.2) is 77.7 Å². The van der Waals surface area contributed by atoms with Crippen LogP contribution >= 0.6 is 0 Å². The maximum atomic E-state index is 13.4. The Hall–Kier alpha value is -3.15. The van der Waals surface area contributed by atoms with Gasteiger partial charge in [-0.1, -0.05) is 36.4 Å². The number of sulfonamides is 1. The third-order valence-electron chi connectivity index (χ3n) is 5.34. The lowest BCUT2D eigenvalue weighted by atomic mass is 9.95. The number of para-hydroxylation sites is 2. The van der Waals surface area contributed by atoms with Crippen LogP contribution in [0.3, 0.4) is 0 Å². The first-order valence-electron chi connectivity index (χ1n) is 9.75. The summed E-state index contributed by atoms with van der Waals surface area (Å²) in [6.07, 6.45) is 0.109. The van der Waals surface area contributed by atoms with Crippen LogP contribution in [0.1, 0.15) is 11.1 Å². The summed E-state index contributed by atoms with van der Waals surface area (Å²) in [6, 6.07) is 16.4. The number of amides is 1. The lowest BCUT2D eigenvalue weighted by Crippen LogP contribution is -2.99. The predicted molar refractivity (Wildman–Crippen MR) is 114 cm³/mol. The number of hydrogen-bond donors (Lipinski definition) is 3. The largest absolute Gasteiger partial charge is 0.595 e. The summed E-state index contributed by atoms with van der Waals surface area (Å²) < 4.78 is 41.2. The number of quaternary nitrogens is 1. The van der Waals surface area contributed by atoms with Gasteiger partial charge in [0, 0.05) is 12.6 Å². The molecule has 166 valence electrons. The molecule has 10 heteroatoms. The second-order valence-corrected chi connectivity index (χ2v) is 9.22. The summed E-state index contributed by atoms with van der Waals surface area (Å²) in [5, 5.41) is 22.2. The lowest BCUT2D eigenvalue weighted by Gasteiger charge is -2.35. The number of hydrogen-bond acceptors (Lipinski definition) is 5. The van der Waals surface area contributed by atoms with Crippen molar-refractivity contribution in [3.05, 3.63) is 94.9 Å². The summed E-state index contributed by atoms with van der Waals surface area (Å²) >= 11 is 0. The average Bonchev–Trinajstić information content (AvgIpc) is 2.78. The molecule has 1 aliphatic heterocycles. The second kappa shape index (κ2) is 8.77. The Morgan fingerprint density at radius 2 is 1.66 bits per heavy atom. The highest BCUT2D eigenvalue weighted by molar-refractivity contribution is 7.89. The smallest absolute Gasteiger partial charge is 0.244 e. The van der Waals surface area contributed by atoms with E-state index in [1.54, 1.807) is 24.3 Å². The van der Waals surface area contributed by atoms with Crippen molar-refractivity contribution in [1.29, 1.82) is 0 Å². The summed E-state index contributed by atoms with van der Waals surface area (Å²) in [7, 11) is -4.14. The van der Waals surface area contributed by atoms with Crippen LogP contribution in [-0.2, 0) is 27.8 Å². The van der Waals surface area contributed by atoms with Gasteiger partial charge in [-0.25, -0.2) is 18.0 Å². The summed E-state index contributed by atoms with van der Waals surface area (Å²) in [5.41, 5.74) is 1.55. The fraction of sp³-hybridized carbons (Fsp3) is 0.136. The van der Waals surface area contributed by atoms with E-state index in [9.17, 15) is 28.0 Å². The zero-order valence-electron chi connectivity index (χ0n) is 16.7. The highest BCUT2D eigenvalue weighted by Crippen LogP contribution is 2.30. The number of nitrogens with zero attached hydrogens (tertiary/aromatic N) is 1. The first kappa shape index (κ1) is 22.1. The van der Waals surface area contributed by atoms with E-state index in [1.807, 2.05) is 6.07 Å². The molecule has 2 atom stereocenters. The molecule has 1 aliphatic rings. The van der Waals surface area contributed by atoms with Crippen LogP contribution in [0.4, 0.5) is 15.8 Å². The van der Waals surface area contributed by atoms with Gasteiger partial charge in [-0.3, -0.25) is 4.79 Å². The van der Waals surface area contributed by atoms with Gasteiger partial charge in [-0.05, 0) is 47.9 Å². The standard InChI is InChI=1S/C22H20FN3O5S/c23-17-9-11-18(12-10-17)32(30,31)25-14-16-6-2-1-5-15(16)13-21(25)22(27)24-19-7-3-4-8-20(19)26(28)29/h1-12,21,26,28H,13-14H2,(H,24,27). The van der Waals surface area contributed by atoms with E-state index in [0.717, 1.165) is 39.7 Å². The van der Waals surface area contributed by atoms with E-state index in [1.165, 1.54) is 18.2 Å². The van der Waals surface area contributed by atoms with Crippen molar-refractivity contribution < 1.29 is 28.0 Å². The van der Waals surface area contributed by atoms with E-state index in [-0.39, 0.29) is 29.2 Å². The van der Waals surface area contributed by atoms with Gasteiger partial charge in [-0.2, -0.15) is 9.53 Å². The van der Waals surface area contributed by atoms with Gasteiger partial charge < -0.3 is 10.5 Å². The SMILES string of the molecule is O=C(Nc1ccccc1[NH+]([O-])O)C1Cc2ccccc2CN1S(=O)(=O)c1ccc(F)cc1. The van der Waals surface area contributed by atoms with Gasteiger partial charge in [0.1, 0.15) is 17.5 Å². The molecule has 3 N–H and O–H groups in total. The van der Waals surface area contributed by atoms with E-state index in [2.05, 4.69) is 5.32 Å². The first-order valence-corrected chi connectivity index (χ1v) is 11.2. The van der Waals surface area contributed by atoms with Gasteiger partial charge in [0.15, 0.2) is 5.69 Å². The van der Waals surface area contributed by atoms with Gasteiger partial charge in [-0.15, -0.1) is 0 Å². The molecule has 3 aromatic carbocycles. The van der Waals surface area contributed by atoms with E-state index in [0.29, 0.717) is 0 Å². The van der Waals surface area contributed by atoms with E-state index < -0.39 is 33.0 Å². The molecular weight excluding hydrogens is 437 g/mol. The zero-order valence-corrected chi connectivity index (χ0v) is 17.5. The van der Waals surface area contributed by atoms with Crippen LogP contribution < -0.4 is 10.5 Å². The molecule has 0 saturated heterocycles. The molecule has 4 rings (SSSR count). The number of halogens is 1. The second-order valence-electron chi connectivity index (χ2n) is 7.33. The van der Waals surface area contributed by atoms with Gasteiger partial charge in [0.2, 0.25) is 15.9 Å². The molecule has 0 aromatic heterocycles. The third-order valence-corrected chi connectivity index (χ3v) is 7.21. The summed E-state index contributed by atoms with van der Waals surface area (Å²) in [4.78, 5) is 13.1. The van der Waals surface area contributed by atoms with Crippen LogP contribution in [0.2, 0.25) is 0 Å². The molecule has 0 radical (unpaired) electrons. The highest BCUT2D eigenvalue weighted by Gasteiger charge is 2.40. The zero-order chi connectivity index (χ0) is 22.9. The Kier molecular flexibility index (Phi) is 6.04. The van der Waals surface area contributed by atoms with Crippen LogP contribution in [0, 0.1) is 11.0 Å². The number of nitrogens with one attached hydrogen (secondary N) is 2. The van der Waals surface area contributed by atoms with Crippen molar-refractivity contribution >= 4 is 27.3 Å². The fourth-order valence-electron chi connectivity index (χ4n) is 3.71. The van der Waals surface area contributed by atoms with Crippen molar-refractivity contribution in [2.45, 2.75) is 23.9 Å². The van der Waals surface area contributed by atoms with Crippen molar-refractivity contribution in [2.24, 2.45) is 0 Å². The Morgan fingerprint density at radius 1 is 1.03 bits per heavy atom. The van der Waals surface area contributed by atoms with Crippen LogP contribution in [0.25, 0.3) is 0 Å². The minimum Gasteiger partial charge on any atom is -0.595 e. The van der Waals surface area contributed by atoms with Crippen LogP contribution in [-0.4, -0.2) is 29.9 Å². The maximum Gasteiger partial charge on any atom is 0.244 e. The molecule has 0 bridgehead atoms. The Bertz CT molecular complexity index is 1250. The molecule has 0 fully saturated rings. The molecule has 0 saturated carbocycles. The predicted octanol–water partition coefficient (Wildman–Crippen LogP) is 1.98. The number of benzene rings is 3. The number of fused-ring (bicyclic) bond motifs is 1. The number of carbonyl (C=O) groups excluding carboxylic acids is 1. The maximum absolute atomic E-state index is 13.4. The van der Waals surface area contributed by atoms with Gasteiger partial charge in [0.05, 0.1) is 4.90 Å². The molecule has 0 aliphatic carbocycles. The quantitative estimate of drug-likeness (QED) is 0.507. The van der Waals surface area contributed by atoms with Gasteiger partial charge >= 0.3 is 0 Å². The van der Waals surface area contributed by atoms with Crippen molar-refractivity contribution in [3.63, 3.8) is 0 Å². The lowest BCUT2D eigenvalue weighted by molar-refractivity contribution is -0.990. The normalized spacial score (nSPS) is 17.4. The van der Waals surface area contributed by atoms with Crippen molar-refractivity contribution in [3.8, 4) is 0 Å². The Labute approximate surface area is 184 Å². The molecule has 32 heavy (non-hydrogen) atoms. The van der Waals surface area contributed by atoms with Crippen molar-refractivity contribution in [2.75, 3.05) is 5.32 Å². The third kappa shape index (κ3) is 4.27. The molecule has 8 nitrogen and oxygen atoms in total. The topological polar surface area (TPSA) is 114 Å². The molecule has 1 heterocycles.